The summed E-state index contributed by atoms with van der Waals surface area (Å²) < 4.78 is 31.6. The molecule has 0 amide bonds. The summed E-state index contributed by atoms with van der Waals surface area (Å²) in [6, 6.07) is 21.0. The largest absolute Gasteiger partial charge is 0.496 e. The van der Waals surface area contributed by atoms with Crippen molar-refractivity contribution >= 4 is 60.6 Å². The number of rotatable bonds is 3. The highest BCUT2D eigenvalue weighted by atomic mass is 79.9. The molecular weight excluding hydrogens is 492 g/mol. The Bertz CT molecular complexity index is 1300. The van der Waals surface area contributed by atoms with Crippen LogP contribution in [0.3, 0.4) is 0 Å². The molecule has 0 aliphatic heterocycles. The van der Waals surface area contributed by atoms with Crippen molar-refractivity contribution in [3.05, 3.63) is 71.2 Å². The van der Waals surface area contributed by atoms with Gasteiger partial charge in [-0.25, -0.2) is 8.42 Å². The molecule has 0 atom stereocenters. The zero-order chi connectivity index (χ0) is 19.2. The first kappa shape index (κ1) is 18.5. The number of hydrogen-bond acceptors (Lipinski definition) is 3. The van der Waals surface area contributed by atoms with Gasteiger partial charge >= 0.3 is 0 Å². The lowest BCUT2D eigenvalue weighted by atomic mass is 9.93. The van der Waals surface area contributed by atoms with Crippen molar-refractivity contribution in [2.75, 3.05) is 7.11 Å². The lowest BCUT2D eigenvalue weighted by Crippen LogP contribution is -1.98. The van der Waals surface area contributed by atoms with Crippen molar-refractivity contribution in [1.29, 1.82) is 0 Å². The third-order valence-corrected chi connectivity index (χ3v) is 6.97. The van der Waals surface area contributed by atoms with Crippen LogP contribution in [0.25, 0.3) is 32.7 Å². The summed E-state index contributed by atoms with van der Waals surface area (Å²) in [6.45, 7) is 0. The second kappa shape index (κ2) is 6.93. The van der Waals surface area contributed by atoms with Gasteiger partial charge in [0.25, 0.3) is 0 Å². The molecule has 27 heavy (non-hydrogen) atoms. The minimum atomic E-state index is -3.63. The molecule has 4 aromatic rings. The minimum Gasteiger partial charge on any atom is -0.496 e. The van der Waals surface area contributed by atoms with Gasteiger partial charge in [-0.3, -0.25) is 0 Å². The third-order valence-electron chi connectivity index (χ3n) is 4.57. The third kappa shape index (κ3) is 3.26. The smallest absolute Gasteiger partial charge is 0.238 e. The molecule has 0 aliphatic carbocycles. The maximum Gasteiger partial charge on any atom is 0.238 e. The van der Waals surface area contributed by atoms with Crippen LogP contribution < -0.4 is 4.74 Å². The fraction of sp³-hybridized carbons (Fsp3) is 0.0476. The Morgan fingerprint density at radius 2 is 1.52 bits per heavy atom. The summed E-state index contributed by atoms with van der Waals surface area (Å²) in [5, 5.41) is 3.73. The van der Waals surface area contributed by atoms with Gasteiger partial charge in [0, 0.05) is 15.6 Å². The van der Waals surface area contributed by atoms with Crippen LogP contribution in [-0.2, 0) is 8.27 Å². The zero-order valence-electron chi connectivity index (χ0n) is 14.2. The summed E-state index contributed by atoms with van der Waals surface area (Å²) in [6.07, 6.45) is 0. The molecule has 6 heteroatoms. The van der Waals surface area contributed by atoms with Gasteiger partial charge in [0.05, 0.1) is 26.8 Å². The first-order valence-corrected chi connectivity index (χ1v) is 12.2. The average molecular weight is 506 g/mol. The van der Waals surface area contributed by atoms with Crippen LogP contribution in [0.2, 0.25) is 0 Å². The van der Waals surface area contributed by atoms with E-state index in [2.05, 4.69) is 30.7 Å². The Kier molecular flexibility index (Phi) is 4.74. The van der Waals surface area contributed by atoms with Crippen LogP contribution in [0, 0.1) is 0 Å². The van der Waals surface area contributed by atoms with Gasteiger partial charge in [-0.1, -0.05) is 58.4 Å². The standard InChI is InChI=1S/C21H14Br2O3S/c1-26-18-10-6-14-12-15(22)8-9-17(14)20(18)21-16-5-3-2-4-13(16)7-11-19(21)27(23,24)25/h2-12H,1H3. The predicted molar refractivity (Wildman–Crippen MR) is 117 cm³/mol. The molecule has 0 heterocycles. The Morgan fingerprint density at radius 1 is 0.815 bits per heavy atom. The fourth-order valence-corrected chi connectivity index (χ4v) is 5.30. The second-order valence-electron chi connectivity index (χ2n) is 6.11. The van der Waals surface area contributed by atoms with E-state index in [4.69, 9.17) is 4.74 Å². The Hall–Kier alpha value is -1.89. The van der Waals surface area contributed by atoms with Gasteiger partial charge in [-0.05, 0) is 45.8 Å². The number of ether oxygens (including phenoxy) is 1. The molecule has 0 fully saturated rings. The molecule has 0 unspecified atom stereocenters. The van der Waals surface area contributed by atoms with Crippen LogP contribution in [0.4, 0.5) is 0 Å². The van der Waals surface area contributed by atoms with E-state index in [1.807, 2.05) is 60.7 Å². The van der Waals surface area contributed by atoms with E-state index in [-0.39, 0.29) is 4.90 Å². The van der Waals surface area contributed by atoms with E-state index in [9.17, 15) is 8.42 Å². The molecule has 0 N–H and O–H groups in total. The van der Waals surface area contributed by atoms with Crippen LogP contribution in [0.1, 0.15) is 0 Å². The number of fused-ring (bicyclic) bond motifs is 2. The van der Waals surface area contributed by atoms with Crippen LogP contribution in [0.5, 0.6) is 5.75 Å². The average Bonchev–Trinajstić information content (AvgIpc) is 2.65. The number of hydrogen-bond donors (Lipinski definition) is 0. The Morgan fingerprint density at radius 3 is 2.26 bits per heavy atom. The molecular formula is C21H14Br2O3S. The van der Waals surface area contributed by atoms with E-state index in [1.54, 1.807) is 13.2 Å². The molecule has 0 aromatic heterocycles. The predicted octanol–water partition coefficient (Wildman–Crippen LogP) is 6.51. The van der Waals surface area contributed by atoms with Gasteiger partial charge < -0.3 is 4.74 Å². The minimum absolute atomic E-state index is 0.218. The van der Waals surface area contributed by atoms with Crippen LogP contribution >= 0.6 is 30.7 Å². The van der Waals surface area contributed by atoms with Crippen LogP contribution in [0.15, 0.2) is 76.1 Å². The first-order chi connectivity index (χ1) is 12.9. The summed E-state index contributed by atoms with van der Waals surface area (Å²) in [4.78, 5) is 0.218. The highest BCUT2D eigenvalue weighted by molar-refractivity contribution is 9.47. The molecule has 3 nitrogen and oxygen atoms in total. The second-order valence-corrected chi connectivity index (χ2v) is 10.9. The highest BCUT2D eigenvalue weighted by Gasteiger charge is 2.23. The molecule has 0 aliphatic rings. The van der Waals surface area contributed by atoms with Crippen molar-refractivity contribution in [1.82, 2.24) is 0 Å². The quantitative estimate of drug-likeness (QED) is 0.298. The maximum atomic E-state index is 12.5. The summed E-state index contributed by atoms with van der Waals surface area (Å²) >= 11 is 6.37. The van der Waals surface area contributed by atoms with E-state index in [0.29, 0.717) is 11.3 Å². The maximum absolute atomic E-state index is 12.5. The lowest BCUT2D eigenvalue weighted by Gasteiger charge is -2.17. The zero-order valence-corrected chi connectivity index (χ0v) is 18.2. The fourth-order valence-electron chi connectivity index (χ4n) is 3.42. The van der Waals surface area contributed by atoms with Crippen molar-refractivity contribution in [3.8, 4) is 16.9 Å². The van der Waals surface area contributed by atoms with Gasteiger partial charge in [-0.2, -0.15) is 0 Å². The van der Waals surface area contributed by atoms with E-state index < -0.39 is 8.27 Å². The first-order valence-electron chi connectivity index (χ1n) is 8.13. The number of halogens is 2. The number of benzene rings is 4. The summed E-state index contributed by atoms with van der Waals surface area (Å²) in [5.74, 6) is 0.624. The molecule has 0 spiro atoms. The van der Waals surface area contributed by atoms with Crippen molar-refractivity contribution in [2.45, 2.75) is 4.90 Å². The molecule has 0 bridgehead atoms. The van der Waals surface area contributed by atoms with Gasteiger partial charge in [0.2, 0.25) is 8.27 Å². The van der Waals surface area contributed by atoms with E-state index in [0.717, 1.165) is 31.6 Å². The van der Waals surface area contributed by atoms with Gasteiger partial charge in [-0.15, -0.1) is 0 Å². The molecule has 0 saturated heterocycles. The topological polar surface area (TPSA) is 43.4 Å². The summed E-state index contributed by atoms with van der Waals surface area (Å²) in [5.41, 5.74) is 1.40. The van der Waals surface area contributed by atoms with Gasteiger partial charge in [0.1, 0.15) is 5.75 Å². The molecule has 4 aromatic carbocycles. The normalized spacial score (nSPS) is 11.8. The SMILES string of the molecule is COc1ccc2cc(Br)ccc2c1-c1c(S(=O)(=O)Br)ccc2ccccc12. The van der Waals surface area contributed by atoms with Gasteiger partial charge in [0.15, 0.2) is 0 Å². The van der Waals surface area contributed by atoms with Crippen molar-refractivity contribution in [2.24, 2.45) is 0 Å². The monoisotopic (exact) mass is 504 g/mol. The van der Waals surface area contributed by atoms with Crippen molar-refractivity contribution in [3.63, 3.8) is 0 Å². The molecule has 0 saturated carbocycles. The van der Waals surface area contributed by atoms with Crippen LogP contribution in [-0.4, -0.2) is 15.5 Å². The summed E-state index contributed by atoms with van der Waals surface area (Å²) in [7, 11) is -2.03. The Balaban J connectivity index is 2.26. The number of methoxy groups -OCH3 is 1. The van der Waals surface area contributed by atoms with E-state index >= 15 is 0 Å². The lowest BCUT2D eigenvalue weighted by molar-refractivity contribution is 0.417. The molecule has 4 rings (SSSR count). The van der Waals surface area contributed by atoms with Crippen molar-refractivity contribution < 1.29 is 13.2 Å². The highest BCUT2D eigenvalue weighted by Crippen LogP contribution is 2.45. The molecule has 0 radical (unpaired) electrons. The van der Waals surface area contributed by atoms with E-state index in [1.165, 1.54) is 0 Å². The molecule has 136 valence electrons. The Labute approximate surface area is 173 Å².